The average molecular weight is 477 g/mol. The summed E-state index contributed by atoms with van der Waals surface area (Å²) in [4.78, 5) is 7.89. The first kappa shape index (κ1) is 24.0. The highest BCUT2D eigenvalue weighted by Gasteiger charge is 2.23. The van der Waals surface area contributed by atoms with Crippen LogP contribution in [-0.4, -0.2) is 43.4 Å². The van der Waals surface area contributed by atoms with Gasteiger partial charge in [-0.25, -0.2) is 9.37 Å². The van der Waals surface area contributed by atoms with Crippen LogP contribution in [0.4, 0.5) is 21.8 Å². The van der Waals surface area contributed by atoms with Crippen LogP contribution < -0.4 is 26.1 Å². The molecule has 0 saturated heterocycles. The fraction of sp³-hybridized carbons (Fsp3) is 0.238. The summed E-state index contributed by atoms with van der Waals surface area (Å²) in [5, 5.41) is 0. The lowest BCUT2D eigenvalue weighted by atomic mass is 9.98. The lowest BCUT2D eigenvalue weighted by Crippen LogP contribution is -2.27. The summed E-state index contributed by atoms with van der Waals surface area (Å²) in [5.41, 5.74) is 18.8. The van der Waals surface area contributed by atoms with E-state index in [-0.39, 0.29) is 47.5 Å². The van der Waals surface area contributed by atoms with Crippen molar-refractivity contribution in [2.24, 2.45) is 0 Å². The molecule has 1 aromatic heterocycles. The van der Waals surface area contributed by atoms with Gasteiger partial charge in [0.25, 0.3) is 0 Å². The van der Waals surface area contributed by atoms with Crippen LogP contribution in [0.15, 0.2) is 36.5 Å². The Morgan fingerprint density at radius 2 is 1.79 bits per heavy atom. The number of ether oxygens (including phenoxy) is 1. The van der Waals surface area contributed by atoms with Gasteiger partial charge in [0.15, 0.2) is 5.75 Å². The van der Waals surface area contributed by atoms with E-state index in [1.165, 1.54) is 38.5 Å². The molecule has 0 fully saturated rings. The highest BCUT2D eigenvalue weighted by atomic mass is 32.2. The van der Waals surface area contributed by atoms with Crippen LogP contribution in [0, 0.1) is 5.82 Å². The van der Waals surface area contributed by atoms with E-state index >= 15 is 0 Å². The molecule has 6 N–H and O–H groups in total. The van der Waals surface area contributed by atoms with Crippen LogP contribution in [0.25, 0.3) is 11.1 Å². The maximum atomic E-state index is 14.3. The van der Waals surface area contributed by atoms with Crippen LogP contribution in [0.2, 0.25) is 0 Å². The van der Waals surface area contributed by atoms with E-state index in [2.05, 4.69) is 9.97 Å². The zero-order valence-corrected chi connectivity index (χ0v) is 19.2. The molecule has 0 saturated carbocycles. The highest BCUT2D eigenvalue weighted by Crippen LogP contribution is 2.42. The lowest BCUT2D eigenvalue weighted by molar-refractivity contribution is 0.340. The molecule has 2 aromatic carbocycles. The van der Waals surface area contributed by atoms with Gasteiger partial charge in [0, 0.05) is 32.3 Å². The first-order chi connectivity index (χ1) is 15.5. The maximum Gasteiger partial charge on any atom is 0.384 e. The molecule has 12 heteroatoms. The van der Waals surface area contributed by atoms with Crippen LogP contribution in [0.3, 0.4) is 0 Å². The fourth-order valence-corrected chi connectivity index (χ4v) is 3.53. The van der Waals surface area contributed by atoms with Crippen molar-refractivity contribution in [3.63, 3.8) is 0 Å². The summed E-state index contributed by atoms with van der Waals surface area (Å²) < 4.78 is 51.5. The van der Waals surface area contributed by atoms with Crippen LogP contribution >= 0.6 is 0 Å². The summed E-state index contributed by atoms with van der Waals surface area (Å²) >= 11 is 0. The Hall–Kier alpha value is -3.64. The van der Waals surface area contributed by atoms with Crippen molar-refractivity contribution in [1.29, 1.82) is 0 Å². The standard InChI is InChI=1S/C21H25FN6O4S/c1-4-31-17-8-12(7-14-11-26-21(25)27-20(14)24)9-18(32-33(29,30)28(2)3)19(17)13-5-6-16(23)15(22)10-13/h5-6,8-11H,4,7,23H2,1-3H3,(H4,24,25,26,27). The number of rotatable bonds is 8. The number of nitrogen functional groups attached to an aromatic ring is 3. The number of nitrogens with zero attached hydrogens (tertiary/aromatic N) is 3. The minimum absolute atomic E-state index is 0.0353. The number of aromatic nitrogens is 2. The Morgan fingerprint density at radius 3 is 2.39 bits per heavy atom. The number of nitrogens with two attached hydrogens (primary N) is 3. The summed E-state index contributed by atoms with van der Waals surface area (Å²) in [6.07, 6.45) is 1.72. The van der Waals surface area contributed by atoms with Gasteiger partial charge in [-0.1, -0.05) is 6.07 Å². The van der Waals surface area contributed by atoms with Crippen LogP contribution in [0.5, 0.6) is 11.5 Å². The first-order valence-electron chi connectivity index (χ1n) is 9.85. The van der Waals surface area contributed by atoms with Crippen molar-refractivity contribution in [1.82, 2.24) is 14.3 Å². The quantitative estimate of drug-likeness (QED) is 0.414. The molecule has 0 amide bonds. The molecule has 0 radical (unpaired) electrons. The van der Waals surface area contributed by atoms with E-state index in [4.69, 9.17) is 26.1 Å². The Balaban J connectivity index is 2.22. The number of benzene rings is 2. The van der Waals surface area contributed by atoms with E-state index in [1.807, 2.05) is 0 Å². The van der Waals surface area contributed by atoms with E-state index in [9.17, 15) is 12.8 Å². The number of anilines is 3. The topological polar surface area (TPSA) is 160 Å². The third kappa shape index (κ3) is 5.41. The molecule has 0 atom stereocenters. The van der Waals surface area contributed by atoms with Crippen molar-refractivity contribution in [3.8, 4) is 22.6 Å². The van der Waals surface area contributed by atoms with Crippen molar-refractivity contribution >= 4 is 27.8 Å². The Morgan fingerprint density at radius 1 is 1.09 bits per heavy atom. The van der Waals surface area contributed by atoms with Crippen molar-refractivity contribution in [2.45, 2.75) is 13.3 Å². The summed E-state index contributed by atoms with van der Waals surface area (Å²) in [7, 11) is -1.48. The number of hydrogen-bond donors (Lipinski definition) is 3. The third-order valence-corrected chi connectivity index (χ3v) is 5.95. The molecule has 0 aliphatic carbocycles. The number of hydrogen-bond acceptors (Lipinski definition) is 9. The largest absolute Gasteiger partial charge is 0.493 e. The van der Waals surface area contributed by atoms with Gasteiger partial charge in [0.1, 0.15) is 17.4 Å². The molecule has 0 bridgehead atoms. The minimum atomic E-state index is -4.14. The number of halogens is 1. The molecule has 10 nitrogen and oxygen atoms in total. The Labute approximate surface area is 191 Å². The van der Waals surface area contributed by atoms with Gasteiger partial charge < -0.3 is 26.1 Å². The zero-order valence-electron chi connectivity index (χ0n) is 18.4. The van der Waals surface area contributed by atoms with Crippen molar-refractivity contribution in [3.05, 3.63) is 53.5 Å². The molecule has 176 valence electrons. The van der Waals surface area contributed by atoms with E-state index < -0.39 is 16.1 Å². The normalized spacial score (nSPS) is 11.5. The maximum absolute atomic E-state index is 14.3. The molecular weight excluding hydrogens is 451 g/mol. The van der Waals surface area contributed by atoms with Gasteiger partial charge in [-0.05, 0) is 42.3 Å². The second-order valence-electron chi connectivity index (χ2n) is 7.28. The Bertz CT molecular complexity index is 1280. The summed E-state index contributed by atoms with van der Waals surface area (Å²) in [6, 6.07) is 7.33. The molecule has 0 aliphatic rings. The van der Waals surface area contributed by atoms with Gasteiger partial charge in [0.05, 0.1) is 17.9 Å². The van der Waals surface area contributed by atoms with Gasteiger partial charge in [-0.2, -0.15) is 17.7 Å². The SMILES string of the molecule is CCOc1cc(Cc2cnc(N)nc2N)cc(OS(=O)(=O)N(C)C)c1-c1ccc(N)c(F)c1. The minimum Gasteiger partial charge on any atom is -0.493 e. The van der Waals surface area contributed by atoms with Gasteiger partial charge in [-0.15, -0.1) is 0 Å². The predicted molar refractivity (Wildman–Crippen MR) is 124 cm³/mol. The summed E-state index contributed by atoms with van der Waals surface area (Å²) in [5.74, 6) is -0.198. The van der Waals surface area contributed by atoms with Crippen LogP contribution in [0.1, 0.15) is 18.1 Å². The predicted octanol–water partition coefficient (Wildman–Crippen LogP) is 2.20. The second kappa shape index (κ2) is 9.46. The monoisotopic (exact) mass is 476 g/mol. The molecule has 0 unspecified atom stereocenters. The molecule has 1 heterocycles. The molecule has 0 spiro atoms. The molecule has 3 rings (SSSR count). The van der Waals surface area contributed by atoms with Crippen molar-refractivity contribution < 1.29 is 21.7 Å². The molecule has 3 aromatic rings. The van der Waals surface area contributed by atoms with E-state index in [0.717, 1.165) is 4.31 Å². The summed E-state index contributed by atoms with van der Waals surface area (Å²) in [6.45, 7) is 2.03. The first-order valence-corrected chi connectivity index (χ1v) is 11.2. The highest BCUT2D eigenvalue weighted by molar-refractivity contribution is 7.84. The smallest absolute Gasteiger partial charge is 0.384 e. The van der Waals surface area contributed by atoms with Crippen LogP contribution in [-0.2, 0) is 16.7 Å². The molecule has 33 heavy (non-hydrogen) atoms. The lowest BCUT2D eigenvalue weighted by Gasteiger charge is -2.20. The van der Waals surface area contributed by atoms with E-state index in [1.54, 1.807) is 19.1 Å². The molecule has 0 aliphatic heterocycles. The van der Waals surface area contributed by atoms with Gasteiger partial charge in [0.2, 0.25) is 5.95 Å². The fourth-order valence-electron chi connectivity index (χ4n) is 3.03. The van der Waals surface area contributed by atoms with Gasteiger partial charge in [-0.3, -0.25) is 0 Å². The third-order valence-electron chi connectivity index (χ3n) is 4.67. The van der Waals surface area contributed by atoms with Crippen molar-refractivity contribution in [2.75, 3.05) is 37.9 Å². The van der Waals surface area contributed by atoms with Gasteiger partial charge >= 0.3 is 10.3 Å². The van der Waals surface area contributed by atoms with E-state index in [0.29, 0.717) is 16.7 Å². The second-order valence-corrected chi connectivity index (χ2v) is 9.03. The molecular formula is C21H25FN6O4S. The zero-order chi connectivity index (χ0) is 24.3. The Kier molecular flexibility index (Phi) is 6.89. The average Bonchev–Trinajstić information content (AvgIpc) is 2.72.